The summed E-state index contributed by atoms with van der Waals surface area (Å²) in [4.78, 5) is 29.9. The summed E-state index contributed by atoms with van der Waals surface area (Å²) < 4.78 is 32.1. The molecule has 0 bridgehead atoms. The summed E-state index contributed by atoms with van der Waals surface area (Å²) in [7, 11) is 4.06. The van der Waals surface area contributed by atoms with Gasteiger partial charge in [-0.05, 0) is 92.0 Å². The van der Waals surface area contributed by atoms with Crippen LogP contribution in [0.2, 0.25) is 0 Å². The van der Waals surface area contributed by atoms with Gasteiger partial charge in [-0.3, -0.25) is 9.59 Å². The molecule has 15 atom stereocenters. The van der Waals surface area contributed by atoms with E-state index in [4.69, 9.17) is 23.7 Å². The van der Waals surface area contributed by atoms with Crippen LogP contribution < -0.4 is 0 Å². The number of rotatable bonds is 6. The SMILES string of the molecule is CC[C@H]1OC(=O)[C@H](C)[C@@H](O[C@H]2CC(C)(C)[C@@H](O)[C@H](C)O2)[C@H](C)[C@@H](O[C@@H]2O[C@H](C)C[C@H](N(C)C)[C@H]2C)[C@](C)(O)C[C@@H](C)C(=O)/C(C)=C/[C@]1(C)O. The van der Waals surface area contributed by atoms with E-state index < -0.39 is 83.4 Å². The number of ether oxygens (including phenoxy) is 5. The molecule has 0 aromatic carbocycles. The molecule has 0 saturated carbocycles. The Morgan fingerprint density at radius 1 is 0.939 bits per heavy atom. The second-order valence-corrected chi connectivity index (χ2v) is 16.9. The molecule has 3 aliphatic rings. The molecule has 11 heteroatoms. The Hall–Kier alpha value is -1.44. The summed E-state index contributed by atoms with van der Waals surface area (Å²) >= 11 is 0. The van der Waals surface area contributed by atoms with Crippen LogP contribution >= 0.6 is 0 Å². The first-order valence-corrected chi connectivity index (χ1v) is 18.3. The molecule has 49 heavy (non-hydrogen) atoms. The molecule has 2 fully saturated rings. The molecule has 0 aliphatic carbocycles. The van der Waals surface area contributed by atoms with Crippen molar-refractivity contribution in [3.8, 4) is 0 Å². The lowest BCUT2D eigenvalue weighted by Crippen LogP contribution is -2.58. The van der Waals surface area contributed by atoms with Crippen molar-refractivity contribution in [1.29, 1.82) is 0 Å². The lowest BCUT2D eigenvalue weighted by molar-refractivity contribution is -0.304. The van der Waals surface area contributed by atoms with Crippen LogP contribution in [0.1, 0.15) is 109 Å². The molecule has 3 N–H and O–H groups in total. The zero-order valence-corrected chi connectivity index (χ0v) is 32.6. The van der Waals surface area contributed by atoms with Gasteiger partial charge >= 0.3 is 5.97 Å². The van der Waals surface area contributed by atoms with E-state index in [0.717, 1.165) is 6.42 Å². The standard InChI is InChI=1S/C38H67NO10/c1-15-28-37(11,43)17-20(2)30(40)21(3)18-38(12,44)33(49-35-23(5)27(39(13)14)16-22(4)45-35)24(6)31(25(7)34(42)47-28)48-29-19-36(9,10)32(41)26(8)46-29/h17,21-29,31-33,35,41,43-44H,15-16,18-19H2,1-14H3/b20-17+/t21-,22-,23-,24+,25-,26+,27+,28-,29+,31+,32+,33-,35+,37+,38-/m1/s1. The number of ketones is 1. The lowest BCUT2D eigenvalue weighted by Gasteiger charge is -2.49. The molecule has 0 spiro atoms. The third-order valence-electron chi connectivity index (χ3n) is 11.4. The summed E-state index contributed by atoms with van der Waals surface area (Å²) in [5.74, 6) is -3.07. The maximum Gasteiger partial charge on any atom is 0.311 e. The van der Waals surface area contributed by atoms with Crippen molar-refractivity contribution in [1.82, 2.24) is 4.90 Å². The molecule has 0 aromatic heterocycles. The smallest absolute Gasteiger partial charge is 0.311 e. The molecule has 3 aliphatic heterocycles. The fourth-order valence-corrected chi connectivity index (χ4v) is 8.45. The van der Waals surface area contributed by atoms with Crippen molar-refractivity contribution in [3.63, 3.8) is 0 Å². The van der Waals surface area contributed by atoms with Gasteiger partial charge < -0.3 is 43.9 Å². The maximum atomic E-state index is 14.0. The zero-order chi connectivity index (χ0) is 37.4. The highest BCUT2D eigenvalue weighted by Crippen LogP contribution is 2.42. The first-order chi connectivity index (χ1) is 22.4. The summed E-state index contributed by atoms with van der Waals surface area (Å²) in [6.07, 6.45) is -2.63. The van der Waals surface area contributed by atoms with Crippen molar-refractivity contribution >= 4 is 11.8 Å². The Labute approximate surface area is 295 Å². The second kappa shape index (κ2) is 16.1. The number of cyclic esters (lactones) is 1. The van der Waals surface area contributed by atoms with E-state index in [9.17, 15) is 24.9 Å². The van der Waals surface area contributed by atoms with Crippen molar-refractivity contribution < 1.29 is 48.6 Å². The summed E-state index contributed by atoms with van der Waals surface area (Å²) in [6.45, 7) is 21.7. The third kappa shape index (κ3) is 9.71. The Morgan fingerprint density at radius 2 is 1.55 bits per heavy atom. The molecule has 0 radical (unpaired) electrons. The minimum Gasteiger partial charge on any atom is -0.459 e. The topological polar surface area (TPSA) is 144 Å². The average Bonchev–Trinajstić information content (AvgIpc) is 2.98. The number of hydrogen-bond acceptors (Lipinski definition) is 11. The molecule has 0 amide bonds. The van der Waals surface area contributed by atoms with Gasteiger partial charge in [-0.15, -0.1) is 0 Å². The van der Waals surface area contributed by atoms with Gasteiger partial charge in [0.05, 0.1) is 42.0 Å². The summed E-state index contributed by atoms with van der Waals surface area (Å²) in [5, 5.41) is 34.7. The highest BCUT2D eigenvalue weighted by Gasteiger charge is 2.51. The van der Waals surface area contributed by atoms with Crippen molar-refractivity contribution in [2.24, 2.45) is 29.1 Å². The minimum atomic E-state index is -1.62. The number of hydrogen-bond donors (Lipinski definition) is 3. The number of aliphatic hydroxyl groups excluding tert-OH is 1. The quantitative estimate of drug-likeness (QED) is 0.334. The van der Waals surface area contributed by atoms with Crippen LogP contribution in [0.3, 0.4) is 0 Å². The second-order valence-electron chi connectivity index (χ2n) is 16.9. The van der Waals surface area contributed by atoms with Crippen LogP contribution in [0.15, 0.2) is 11.6 Å². The Morgan fingerprint density at radius 3 is 2.10 bits per heavy atom. The maximum absolute atomic E-state index is 14.0. The number of Topliss-reactive ketones (excluding diaryl/α,β-unsaturated/α-hetero) is 1. The number of carbonyl (C=O) groups is 2. The highest BCUT2D eigenvalue weighted by molar-refractivity contribution is 5.96. The van der Waals surface area contributed by atoms with Gasteiger partial charge in [0, 0.05) is 30.2 Å². The Bertz CT molecular complexity index is 1170. The van der Waals surface area contributed by atoms with Gasteiger partial charge in [-0.1, -0.05) is 41.5 Å². The minimum absolute atomic E-state index is 0.0425. The van der Waals surface area contributed by atoms with Crippen LogP contribution in [0.25, 0.3) is 0 Å². The molecule has 0 unspecified atom stereocenters. The van der Waals surface area contributed by atoms with Crippen LogP contribution in [0.4, 0.5) is 0 Å². The highest BCUT2D eigenvalue weighted by atomic mass is 16.7. The van der Waals surface area contributed by atoms with Crippen molar-refractivity contribution in [2.75, 3.05) is 14.1 Å². The van der Waals surface area contributed by atoms with Crippen LogP contribution in [-0.2, 0) is 33.3 Å². The molecule has 2 saturated heterocycles. The van der Waals surface area contributed by atoms with Gasteiger partial charge in [0.15, 0.2) is 18.4 Å². The summed E-state index contributed by atoms with van der Waals surface area (Å²) in [5.41, 5.74) is -3.43. The fourth-order valence-electron chi connectivity index (χ4n) is 8.45. The fraction of sp³-hybridized carbons (Fsp3) is 0.895. The molecular formula is C38H67NO10. The van der Waals surface area contributed by atoms with Gasteiger partial charge in [-0.25, -0.2) is 0 Å². The zero-order valence-electron chi connectivity index (χ0n) is 32.6. The van der Waals surface area contributed by atoms with E-state index >= 15 is 0 Å². The Kier molecular flexibility index (Phi) is 13.8. The third-order valence-corrected chi connectivity index (χ3v) is 11.4. The lowest BCUT2D eigenvalue weighted by atomic mass is 9.76. The average molecular weight is 698 g/mol. The van der Waals surface area contributed by atoms with E-state index in [1.165, 1.54) is 13.0 Å². The monoisotopic (exact) mass is 697 g/mol. The number of nitrogens with zero attached hydrogens (tertiary/aromatic N) is 1. The van der Waals surface area contributed by atoms with Crippen molar-refractivity contribution in [2.45, 2.75) is 175 Å². The number of esters is 1. The van der Waals surface area contributed by atoms with Crippen molar-refractivity contribution in [3.05, 3.63) is 11.6 Å². The van der Waals surface area contributed by atoms with Gasteiger partial charge in [-0.2, -0.15) is 0 Å². The summed E-state index contributed by atoms with van der Waals surface area (Å²) in [6, 6.07) is 0.159. The van der Waals surface area contributed by atoms with E-state index in [2.05, 4.69) is 11.8 Å². The van der Waals surface area contributed by atoms with E-state index in [-0.39, 0.29) is 30.3 Å². The Balaban J connectivity index is 2.17. The van der Waals surface area contributed by atoms with Gasteiger partial charge in [0.2, 0.25) is 0 Å². The first kappa shape index (κ1) is 42.0. The van der Waals surface area contributed by atoms with E-state index in [0.29, 0.717) is 18.4 Å². The predicted molar refractivity (Wildman–Crippen MR) is 186 cm³/mol. The number of carbonyl (C=O) groups excluding carboxylic acids is 2. The van der Waals surface area contributed by atoms with Gasteiger partial charge in [0.1, 0.15) is 11.7 Å². The van der Waals surface area contributed by atoms with Crippen LogP contribution in [0.5, 0.6) is 0 Å². The molecule has 284 valence electrons. The number of aliphatic hydroxyl groups is 3. The van der Waals surface area contributed by atoms with Gasteiger partial charge in [0.25, 0.3) is 0 Å². The first-order valence-electron chi connectivity index (χ1n) is 18.3. The largest absolute Gasteiger partial charge is 0.459 e. The molecule has 3 heterocycles. The predicted octanol–water partition coefficient (Wildman–Crippen LogP) is 4.63. The van der Waals surface area contributed by atoms with E-state index in [1.54, 1.807) is 34.6 Å². The number of allylic oxidation sites excluding steroid dienone is 1. The van der Waals surface area contributed by atoms with E-state index in [1.807, 2.05) is 48.7 Å². The molecule has 0 aromatic rings. The normalized spacial score (nSPS) is 47.2. The molecule has 11 nitrogen and oxygen atoms in total. The van der Waals surface area contributed by atoms with Crippen LogP contribution in [0, 0.1) is 29.1 Å². The molecular weight excluding hydrogens is 630 g/mol. The van der Waals surface area contributed by atoms with Crippen LogP contribution in [-0.4, -0.2) is 113 Å². The molecule has 3 rings (SSSR count).